The van der Waals surface area contributed by atoms with Crippen molar-refractivity contribution in [3.63, 3.8) is 0 Å². The molecule has 2 rings (SSSR count). The molecule has 0 aromatic carbocycles. The molecule has 1 aromatic heterocycles. The van der Waals surface area contributed by atoms with E-state index >= 15 is 0 Å². The summed E-state index contributed by atoms with van der Waals surface area (Å²) in [5, 5.41) is 0. The standard InChI is InChI=1S/C9H12BrN/c1-6-7-4-2-3-5-8(7)11-9(6)10/h11H,2-5H2,1H3. The summed E-state index contributed by atoms with van der Waals surface area (Å²) >= 11 is 3.52. The molecule has 0 radical (unpaired) electrons. The van der Waals surface area contributed by atoms with Crippen LogP contribution in [0.25, 0.3) is 0 Å². The zero-order chi connectivity index (χ0) is 7.84. The fourth-order valence-corrected chi connectivity index (χ4v) is 2.29. The molecule has 1 heterocycles. The Morgan fingerprint density at radius 3 is 2.73 bits per heavy atom. The summed E-state index contributed by atoms with van der Waals surface area (Å²) in [6, 6.07) is 0. The Morgan fingerprint density at radius 1 is 1.27 bits per heavy atom. The molecule has 1 aliphatic rings. The van der Waals surface area contributed by atoms with Gasteiger partial charge in [0.25, 0.3) is 0 Å². The van der Waals surface area contributed by atoms with Crippen molar-refractivity contribution >= 4 is 15.9 Å². The van der Waals surface area contributed by atoms with E-state index in [0.717, 1.165) is 0 Å². The van der Waals surface area contributed by atoms with Crippen molar-refractivity contribution in [1.82, 2.24) is 4.98 Å². The first-order valence-electron chi connectivity index (χ1n) is 4.15. The maximum Gasteiger partial charge on any atom is 0.0854 e. The fraction of sp³-hybridized carbons (Fsp3) is 0.556. The highest BCUT2D eigenvalue weighted by Gasteiger charge is 2.15. The Hall–Kier alpha value is -0.240. The van der Waals surface area contributed by atoms with Crippen molar-refractivity contribution in [2.75, 3.05) is 0 Å². The van der Waals surface area contributed by atoms with Crippen LogP contribution in [0.2, 0.25) is 0 Å². The molecule has 0 saturated heterocycles. The number of H-pyrrole nitrogens is 1. The SMILES string of the molecule is Cc1c(Br)[nH]c2c1CCCC2. The number of aromatic nitrogens is 1. The van der Waals surface area contributed by atoms with Gasteiger partial charge in [0.2, 0.25) is 0 Å². The molecule has 0 spiro atoms. The van der Waals surface area contributed by atoms with Crippen LogP contribution < -0.4 is 0 Å². The average Bonchev–Trinajstić information content (AvgIpc) is 2.30. The van der Waals surface area contributed by atoms with Crippen LogP contribution in [0.1, 0.15) is 29.7 Å². The minimum absolute atomic E-state index is 1.18. The van der Waals surface area contributed by atoms with Crippen molar-refractivity contribution in [1.29, 1.82) is 0 Å². The van der Waals surface area contributed by atoms with Gasteiger partial charge in [-0.3, -0.25) is 0 Å². The number of aryl methyl sites for hydroxylation is 1. The molecule has 0 unspecified atom stereocenters. The molecule has 0 saturated carbocycles. The van der Waals surface area contributed by atoms with Gasteiger partial charge in [-0.2, -0.15) is 0 Å². The van der Waals surface area contributed by atoms with E-state index < -0.39 is 0 Å². The molecule has 2 heteroatoms. The van der Waals surface area contributed by atoms with Gasteiger partial charge in [-0.1, -0.05) is 0 Å². The van der Waals surface area contributed by atoms with Gasteiger partial charge in [0.1, 0.15) is 0 Å². The zero-order valence-electron chi connectivity index (χ0n) is 6.71. The van der Waals surface area contributed by atoms with Crippen LogP contribution in [0.5, 0.6) is 0 Å². The van der Waals surface area contributed by atoms with Crippen molar-refractivity contribution in [3.8, 4) is 0 Å². The highest BCUT2D eigenvalue weighted by Crippen LogP contribution is 2.28. The monoisotopic (exact) mass is 213 g/mol. The summed E-state index contributed by atoms with van der Waals surface area (Å²) in [5.74, 6) is 0. The lowest BCUT2D eigenvalue weighted by Gasteiger charge is -2.10. The highest BCUT2D eigenvalue weighted by atomic mass is 79.9. The third kappa shape index (κ3) is 1.13. The minimum atomic E-state index is 1.18. The van der Waals surface area contributed by atoms with Gasteiger partial charge in [-0.05, 0) is 59.7 Å². The van der Waals surface area contributed by atoms with Gasteiger partial charge in [0.05, 0.1) is 4.60 Å². The second-order valence-corrected chi connectivity index (χ2v) is 4.02. The van der Waals surface area contributed by atoms with Crippen LogP contribution >= 0.6 is 15.9 Å². The Balaban J connectivity index is 2.50. The molecule has 0 atom stereocenters. The number of aromatic amines is 1. The Labute approximate surface area is 75.3 Å². The lowest BCUT2D eigenvalue weighted by atomic mass is 9.96. The maximum absolute atomic E-state index is 3.52. The van der Waals surface area contributed by atoms with E-state index in [1.165, 1.54) is 41.5 Å². The van der Waals surface area contributed by atoms with Crippen molar-refractivity contribution in [2.24, 2.45) is 0 Å². The summed E-state index contributed by atoms with van der Waals surface area (Å²) in [6.07, 6.45) is 5.21. The number of rotatable bonds is 0. The minimum Gasteiger partial charge on any atom is -0.353 e. The second-order valence-electron chi connectivity index (χ2n) is 3.23. The topological polar surface area (TPSA) is 15.8 Å². The van der Waals surface area contributed by atoms with E-state index in [0.29, 0.717) is 0 Å². The zero-order valence-corrected chi connectivity index (χ0v) is 8.29. The molecular formula is C9H12BrN. The summed E-state index contributed by atoms with van der Waals surface area (Å²) in [4.78, 5) is 3.38. The van der Waals surface area contributed by atoms with Crippen LogP contribution in [0.15, 0.2) is 4.60 Å². The van der Waals surface area contributed by atoms with Crippen molar-refractivity contribution in [2.45, 2.75) is 32.6 Å². The predicted octanol–water partition coefficient (Wildman–Crippen LogP) is 2.96. The molecular weight excluding hydrogens is 202 g/mol. The number of halogens is 1. The normalized spacial score (nSPS) is 16.5. The van der Waals surface area contributed by atoms with Gasteiger partial charge in [-0.25, -0.2) is 0 Å². The van der Waals surface area contributed by atoms with Gasteiger partial charge >= 0.3 is 0 Å². The predicted molar refractivity (Wildman–Crippen MR) is 49.9 cm³/mol. The molecule has 0 fully saturated rings. The number of hydrogen-bond acceptors (Lipinski definition) is 0. The molecule has 1 nitrogen and oxygen atoms in total. The lowest BCUT2D eigenvalue weighted by Crippen LogP contribution is -2.00. The number of fused-ring (bicyclic) bond motifs is 1. The molecule has 1 N–H and O–H groups in total. The first-order chi connectivity index (χ1) is 5.29. The maximum atomic E-state index is 3.52. The molecule has 60 valence electrons. The van der Waals surface area contributed by atoms with Crippen LogP contribution in [0, 0.1) is 6.92 Å². The van der Waals surface area contributed by atoms with Gasteiger partial charge in [0, 0.05) is 5.69 Å². The summed E-state index contributed by atoms with van der Waals surface area (Å²) < 4.78 is 1.18. The average molecular weight is 214 g/mol. The van der Waals surface area contributed by atoms with E-state index in [2.05, 4.69) is 27.8 Å². The van der Waals surface area contributed by atoms with E-state index in [1.54, 1.807) is 5.56 Å². The Kier molecular flexibility index (Phi) is 1.80. The van der Waals surface area contributed by atoms with Crippen LogP contribution in [0.4, 0.5) is 0 Å². The number of hydrogen-bond donors (Lipinski definition) is 1. The van der Waals surface area contributed by atoms with E-state index in [4.69, 9.17) is 0 Å². The lowest BCUT2D eigenvalue weighted by molar-refractivity contribution is 0.675. The van der Waals surface area contributed by atoms with E-state index in [9.17, 15) is 0 Å². The van der Waals surface area contributed by atoms with Crippen molar-refractivity contribution < 1.29 is 0 Å². The van der Waals surface area contributed by atoms with Crippen LogP contribution in [0.3, 0.4) is 0 Å². The third-order valence-corrected chi connectivity index (χ3v) is 3.30. The first-order valence-corrected chi connectivity index (χ1v) is 4.94. The molecule has 0 bridgehead atoms. The van der Waals surface area contributed by atoms with Crippen LogP contribution in [-0.2, 0) is 12.8 Å². The van der Waals surface area contributed by atoms with Crippen LogP contribution in [-0.4, -0.2) is 4.98 Å². The summed E-state index contributed by atoms with van der Waals surface area (Å²) in [5.41, 5.74) is 4.43. The molecule has 0 amide bonds. The number of nitrogens with one attached hydrogen (secondary N) is 1. The molecule has 11 heavy (non-hydrogen) atoms. The molecule has 0 aliphatic heterocycles. The Bertz CT molecular complexity index is 275. The van der Waals surface area contributed by atoms with Crippen molar-refractivity contribution in [3.05, 3.63) is 21.4 Å². The van der Waals surface area contributed by atoms with E-state index in [-0.39, 0.29) is 0 Å². The fourth-order valence-electron chi connectivity index (χ4n) is 1.82. The van der Waals surface area contributed by atoms with Gasteiger partial charge in [-0.15, -0.1) is 0 Å². The summed E-state index contributed by atoms with van der Waals surface area (Å²) in [6.45, 7) is 2.19. The van der Waals surface area contributed by atoms with Gasteiger partial charge < -0.3 is 4.98 Å². The smallest absolute Gasteiger partial charge is 0.0854 e. The van der Waals surface area contributed by atoms with E-state index in [1.807, 2.05) is 0 Å². The second kappa shape index (κ2) is 2.67. The first kappa shape index (κ1) is 7.41. The summed E-state index contributed by atoms with van der Waals surface area (Å²) in [7, 11) is 0. The highest BCUT2D eigenvalue weighted by molar-refractivity contribution is 9.10. The Morgan fingerprint density at radius 2 is 2.00 bits per heavy atom. The molecule has 1 aromatic rings. The third-order valence-electron chi connectivity index (χ3n) is 2.51. The largest absolute Gasteiger partial charge is 0.353 e. The molecule has 1 aliphatic carbocycles. The quantitative estimate of drug-likeness (QED) is 0.683. The van der Waals surface area contributed by atoms with Gasteiger partial charge in [0.15, 0.2) is 0 Å².